The molecule has 148 valence electrons. The maximum Gasteiger partial charge on any atom is 0.342 e. The molecule has 0 aliphatic carbocycles. The molecule has 1 aliphatic rings. The van der Waals surface area contributed by atoms with Crippen LogP contribution in [0.4, 0.5) is 5.69 Å². The molecule has 6 nitrogen and oxygen atoms in total. The summed E-state index contributed by atoms with van der Waals surface area (Å²) in [5, 5.41) is 3.21. The number of fused-ring (bicyclic) bond motifs is 1. The zero-order chi connectivity index (χ0) is 20.1. The van der Waals surface area contributed by atoms with Crippen molar-refractivity contribution >= 4 is 19.3 Å². The molecule has 1 atom stereocenters. The molecule has 1 unspecified atom stereocenters. The third-order valence-corrected chi connectivity index (χ3v) is 6.76. The molecular formula is C21H24NO5P. The Labute approximate surface area is 165 Å². The quantitative estimate of drug-likeness (QED) is 0.294. The molecule has 1 heterocycles. The SMILES string of the molecule is CCOP(=O)(OCC)C1C(=C(C)Nc2ccccc2)C(=O)Oc2ccccc21. The van der Waals surface area contributed by atoms with Crippen LogP contribution in [-0.2, 0) is 18.4 Å². The van der Waals surface area contributed by atoms with Crippen LogP contribution in [0.1, 0.15) is 32.0 Å². The lowest BCUT2D eigenvalue weighted by Crippen LogP contribution is -2.27. The monoisotopic (exact) mass is 401 g/mol. The van der Waals surface area contributed by atoms with Gasteiger partial charge in [-0.05, 0) is 39.0 Å². The van der Waals surface area contributed by atoms with Gasteiger partial charge in [0.1, 0.15) is 11.4 Å². The Morgan fingerprint density at radius 2 is 1.64 bits per heavy atom. The zero-order valence-corrected chi connectivity index (χ0v) is 17.1. The molecule has 0 radical (unpaired) electrons. The van der Waals surface area contributed by atoms with Crippen molar-refractivity contribution in [2.45, 2.75) is 26.4 Å². The van der Waals surface area contributed by atoms with E-state index in [2.05, 4.69) is 5.32 Å². The van der Waals surface area contributed by atoms with E-state index in [1.807, 2.05) is 36.4 Å². The standard InChI is InChI=1S/C21H24NO5P/c1-4-25-28(24,26-5-2)20-17-13-9-10-14-18(17)27-21(23)19(20)15(3)22-16-11-7-6-8-12-16/h6-14,20,22H,4-5H2,1-3H3. The fraction of sp³-hybridized carbons (Fsp3) is 0.286. The average molecular weight is 401 g/mol. The van der Waals surface area contributed by atoms with Gasteiger partial charge in [0.2, 0.25) is 0 Å². The summed E-state index contributed by atoms with van der Waals surface area (Å²) in [6.45, 7) is 5.65. The van der Waals surface area contributed by atoms with Crippen LogP contribution in [0.15, 0.2) is 65.9 Å². The maximum atomic E-state index is 13.7. The Morgan fingerprint density at radius 3 is 2.29 bits per heavy atom. The predicted octanol–water partition coefficient (Wildman–Crippen LogP) is 5.30. The first kappa shape index (κ1) is 20.3. The third kappa shape index (κ3) is 4.04. The first-order valence-corrected chi connectivity index (χ1v) is 10.8. The van der Waals surface area contributed by atoms with E-state index in [1.54, 1.807) is 39.0 Å². The minimum absolute atomic E-state index is 0.198. The Hall–Kier alpha value is -2.40. The summed E-state index contributed by atoms with van der Waals surface area (Å²) >= 11 is 0. The van der Waals surface area contributed by atoms with E-state index in [4.69, 9.17) is 13.8 Å². The minimum Gasteiger partial charge on any atom is -0.423 e. The molecular weight excluding hydrogens is 377 g/mol. The van der Waals surface area contributed by atoms with E-state index in [0.29, 0.717) is 17.0 Å². The molecule has 0 amide bonds. The van der Waals surface area contributed by atoms with Gasteiger partial charge in [0.05, 0.1) is 18.8 Å². The molecule has 0 spiro atoms. The summed E-state index contributed by atoms with van der Waals surface area (Å²) in [6.07, 6.45) is 0. The van der Waals surface area contributed by atoms with Gasteiger partial charge in [0, 0.05) is 16.9 Å². The maximum absolute atomic E-state index is 13.7. The van der Waals surface area contributed by atoms with Gasteiger partial charge in [-0.25, -0.2) is 4.79 Å². The molecule has 28 heavy (non-hydrogen) atoms. The molecule has 0 bridgehead atoms. The van der Waals surface area contributed by atoms with Gasteiger partial charge in [-0.1, -0.05) is 36.4 Å². The number of hydrogen-bond donors (Lipinski definition) is 1. The van der Waals surface area contributed by atoms with Crippen molar-refractivity contribution in [3.05, 3.63) is 71.4 Å². The fourth-order valence-electron chi connectivity index (χ4n) is 3.26. The number of allylic oxidation sites excluding steroid dienone is 1. The van der Waals surface area contributed by atoms with Gasteiger partial charge in [-0.15, -0.1) is 0 Å². The van der Waals surface area contributed by atoms with E-state index in [-0.39, 0.29) is 18.8 Å². The first-order chi connectivity index (χ1) is 13.5. The van der Waals surface area contributed by atoms with Gasteiger partial charge in [0.15, 0.2) is 0 Å². The highest BCUT2D eigenvalue weighted by molar-refractivity contribution is 7.54. The Bertz CT molecular complexity index is 915. The number of rotatable bonds is 7. The molecule has 0 saturated heterocycles. The van der Waals surface area contributed by atoms with Crippen molar-refractivity contribution < 1.29 is 23.1 Å². The van der Waals surface area contributed by atoms with Crippen molar-refractivity contribution in [2.75, 3.05) is 18.5 Å². The first-order valence-electron chi connectivity index (χ1n) is 9.23. The van der Waals surface area contributed by atoms with Crippen LogP contribution < -0.4 is 10.1 Å². The van der Waals surface area contributed by atoms with E-state index in [9.17, 15) is 9.36 Å². The summed E-state index contributed by atoms with van der Waals surface area (Å²) in [7, 11) is -3.68. The molecule has 0 aromatic heterocycles. The number of para-hydroxylation sites is 2. The van der Waals surface area contributed by atoms with E-state index in [1.165, 1.54) is 0 Å². The third-order valence-electron chi connectivity index (χ3n) is 4.35. The Morgan fingerprint density at radius 1 is 1.04 bits per heavy atom. The molecule has 2 aromatic carbocycles. The van der Waals surface area contributed by atoms with Gasteiger partial charge in [-0.2, -0.15) is 0 Å². The highest BCUT2D eigenvalue weighted by Crippen LogP contribution is 2.66. The fourth-order valence-corrected chi connectivity index (χ4v) is 5.52. The van der Waals surface area contributed by atoms with Gasteiger partial charge >= 0.3 is 13.6 Å². The van der Waals surface area contributed by atoms with Crippen molar-refractivity contribution in [3.8, 4) is 5.75 Å². The number of hydrogen-bond acceptors (Lipinski definition) is 6. The molecule has 0 saturated carbocycles. The van der Waals surface area contributed by atoms with Gasteiger partial charge in [-0.3, -0.25) is 4.57 Å². The Kier molecular flexibility index (Phi) is 6.35. The number of carbonyl (C=O) groups excluding carboxylic acids is 1. The zero-order valence-electron chi connectivity index (χ0n) is 16.2. The van der Waals surface area contributed by atoms with E-state index >= 15 is 0 Å². The second kappa shape index (κ2) is 8.74. The lowest BCUT2D eigenvalue weighted by molar-refractivity contribution is -0.131. The normalized spacial score (nSPS) is 18.2. The molecule has 1 aliphatic heterocycles. The minimum atomic E-state index is -3.68. The summed E-state index contributed by atoms with van der Waals surface area (Å²) in [6, 6.07) is 16.5. The number of nitrogens with one attached hydrogen (secondary N) is 1. The number of benzene rings is 2. The van der Waals surface area contributed by atoms with Crippen LogP contribution in [0.25, 0.3) is 0 Å². The molecule has 3 rings (SSSR count). The number of esters is 1. The highest BCUT2D eigenvalue weighted by Gasteiger charge is 2.47. The predicted molar refractivity (Wildman–Crippen MR) is 108 cm³/mol. The molecule has 2 aromatic rings. The summed E-state index contributed by atoms with van der Waals surface area (Å²) in [5.74, 6) is -0.197. The van der Waals surface area contributed by atoms with Crippen LogP contribution >= 0.6 is 7.60 Å². The van der Waals surface area contributed by atoms with Crippen molar-refractivity contribution in [1.82, 2.24) is 0 Å². The van der Waals surface area contributed by atoms with E-state index in [0.717, 1.165) is 5.69 Å². The van der Waals surface area contributed by atoms with Crippen LogP contribution in [0, 0.1) is 0 Å². The largest absolute Gasteiger partial charge is 0.423 e. The summed E-state index contributed by atoms with van der Waals surface area (Å²) in [4.78, 5) is 12.9. The lowest BCUT2D eigenvalue weighted by Gasteiger charge is -2.33. The lowest BCUT2D eigenvalue weighted by atomic mass is 9.99. The molecule has 0 fully saturated rings. The second-order valence-electron chi connectivity index (χ2n) is 6.23. The van der Waals surface area contributed by atoms with Crippen LogP contribution in [-0.4, -0.2) is 19.2 Å². The van der Waals surface area contributed by atoms with Crippen molar-refractivity contribution in [1.29, 1.82) is 0 Å². The topological polar surface area (TPSA) is 73.9 Å². The smallest absolute Gasteiger partial charge is 0.342 e. The number of carbonyl (C=O) groups is 1. The van der Waals surface area contributed by atoms with Crippen LogP contribution in [0.3, 0.4) is 0 Å². The van der Waals surface area contributed by atoms with Gasteiger partial charge in [0.25, 0.3) is 0 Å². The van der Waals surface area contributed by atoms with Crippen LogP contribution in [0.2, 0.25) is 0 Å². The molecule has 7 heteroatoms. The Balaban J connectivity index is 2.17. The summed E-state index contributed by atoms with van der Waals surface area (Å²) < 4.78 is 30.5. The van der Waals surface area contributed by atoms with Crippen molar-refractivity contribution in [2.24, 2.45) is 0 Å². The average Bonchev–Trinajstić information content (AvgIpc) is 2.68. The van der Waals surface area contributed by atoms with Crippen LogP contribution in [0.5, 0.6) is 5.75 Å². The number of ether oxygens (including phenoxy) is 1. The molecule has 1 N–H and O–H groups in total. The van der Waals surface area contributed by atoms with Gasteiger partial charge < -0.3 is 19.1 Å². The number of anilines is 1. The second-order valence-corrected chi connectivity index (χ2v) is 8.35. The highest BCUT2D eigenvalue weighted by atomic mass is 31.2. The summed E-state index contributed by atoms with van der Waals surface area (Å²) in [5.41, 5.74) is 1.32. The van der Waals surface area contributed by atoms with E-state index < -0.39 is 19.2 Å². The van der Waals surface area contributed by atoms with Crippen molar-refractivity contribution in [3.63, 3.8) is 0 Å².